The van der Waals surface area contributed by atoms with E-state index in [2.05, 4.69) is 0 Å². The Kier molecular flexibility index (Phi) is 4.99. The largest absolute Gasteiger partial charge is 0.444 e. The number of alkyl carbamates (subject to hydrolysis) is 1. The lowest BCUT2D eigenvalue weighted by molar-refractivity contribution is -0.156. The highest BCUT2D eigenvalue weighted by Crippen LogP contribution is 2.37. The quantitative estimate of drug-likeness (QED) is 0.807. The number of alkyl halides is 3. The minimum atomic E-state index is -4.73. The number of hydrogen-bond acceptors (Lipinski definition) is 3. The maximum atomic E-state index is 13.1. The third kappa shape index (κ3) is 5.34. The first-order valence-corrected chi connectivity index (χ1v) is 6.39. The van der Waals surface area contributed by atoms with Crippen molar-refractivity contribution >= 4 is 23.4 Å². The Bertz CT molecular complexity index is 527. The molecule has 1 aromatic rings. The van der Waals surface area contributed by atoms with Crippen LogP contribution in [0.4, 0.5) is 23.7 Å². The van der Waals surface area contributed by atoms with Gasteiger partial charge in [0.2, 0.25) is 0 Å². The van der Waals surface area contributed by atoms with E-state index in [4.69, 9.17) is 22.1 Å². The Labute approximate surface area is 125 Å². The van der Waals surface area contributed by atoms with E-state index in [1.807, 2.05) is 0 Å². The molecule has 0 fully saturated rings. The fourth-order valence-electron chi connectivity index (χ4n) is 1.54. The van der Waals surface area contributed by atoms with Gasteiger partial charge >= 0.3 is 12.3 Å². The van der Waals surface area contributed by atoms with Gasteiger partial charge < -0.3 is 15.8 Å². The van der Waals surface area contributed by atoms with Crippen LogP contribution in [-0.2, 0) is 4.74 Å². The zero-order chi connectivity index (χ0) is 16.4. The normalized spacial score (nSPS) is 13.7. The summed E-state index contributed by atoms with van der Waals surface area (Å²) in [5, 5.41) is 1.59. The molecule has 1 atom stereocenters. The van der Waals surface area contributed by atoms with Gasteiger partial charge in [-0.2, -0.15) is 13.2 Å². The van der Waals surface area contributed by atoms with Crippen molar-refractivity contribution in [3.63, 3.8) is 0 Å². The van der Waals surface area contributed by atoms with E-state index in [0.29, 0.717) is 0 Å². The van der Waals surface area contributed by atoms with Crippen molar-refractivity contribution in [2.75, 3.05) is 5.73 Å². The summed E-state index contributed by atoms with van der Waals surface area (Å²) in [5.74, 6) is 0. The molecule has 1 rings (SSSR count). The zero-order valence-corrected chi connectivity index (χ0v) is 12.5. The van der Waals surface area contributed by atoms with Crippen molar-refractivity contribution in [3.8, 4) is 0 Å². The van der Waals surface area contributed by atoms with Crippen LogP contribution in [0.2, 0.25) is 5.02 Å². The molecule has 4 nitrogen and oxygen atoms in total. The molecule has 118 valence electrons. The first-order chi connectivity index (χ1) is 9.40. The van der Waals surface area contributed by atoms with Gasteiger partial charge in [-0.05, 0) is 32.9 Å². The lowest BCUT2D eigenvalue weighted by atomic mass is 10.1. The minimum Gasteiger partial charge on any atom is -0.444 e. The first-order valence-electron chi connectivity index (χ1n) is 6.01. The molecule has 0 aromatic heterocycles. The number of carbonyl (C=O) groups is 1. The van der Waals surface area contributed by atoms with E-state index in [1.54, 1.807) is 26.1 Å². The van der Waals surface area contributed by atoms with Crippen molar-refractivity contribution in [1.29, 1.82) is 0 Å². The van der Waals surface area contributed by atoms with Crippen molar-refractivity contribution in [1.82, 2.24) is 5.32 Å². The summed E-state index contributed by atoms with van der Waals surface area (Å²) in [5.41, 5.74) is 4.45. The molecule has 0 aliphatic carbocycles. The SMILES string of the molecule is CC(C)(C)OC(=O)NC(c1ccc(N)cc1Cl)C(F)(F)F. The number of ether oxygens (including phenoxy) is 1. The first kappa shape index (κ1) is 17.4. The second-order valence-electron chi connectivity index (χ2n) is 5.40. The zero-order valence-electron chi connectivity index (χ0n) is 11.7. The smallest absolute Gasteiger partial charge is 0.413 e. The Balaban J connectivity index is 3.05. The molecule has 3 N–H and O–H groups in total. The molecular formula is C13H16ClF3N2O2. The Morgan fingerprint density at radius 1 is 1.33 bits per heavy atom. The Morgan fingerprint density at radius 2 is 1.90 bits per heavy atom. The third-order valence-electron chi connectivity index (χ3n) is 2.32. The fraction of sp³-hybridized carbons (Fsp3) is 0.462. The highest BCUT2D eigenvalue weighted by molar-refractivity contribution is 6.31. The summed E-state index contributed by atoms with van der Waals surface area (Å²) in [6, 6.07) is 1.30. The van der Waals surface area contributed by atoms with Gasteiger partial charge in [0, 0.05) is 16.3 Å². The second kappa shape index (κ2) is 6.01. The van der Waals surface area contributed by atoms with Gasteiger partial charge in [-0.25, -0.2) is 4.79 Å². The number of rotatable bonds is 2. The molecule has 0 radical (unpaired) electrons. The number of halogens is 4. The maximum Gasteiger partial charge on any atom is 0.413 e. The van der Waals surface area contributed by atoms with Gasteiger partial charge in [-0.1, -0.05) is 17.7 Å². The summed E-state index contributed by atoms with van der Waals surface area (Å²) in [6.07, 6.45) is -5.91. The van der Waals surface area contributed by atoms with E-state index in [0.717, 1.165) is 6.07 Å². The molecule has 1 amide bonds. The van der Waals surface area contributed by atoms with E-state index in [-0.39, 0.29) is 16.3 Å². The lowest BCUT2D eigenvalue weighted by Crippen LogP contribution is -2.41. The number of nitrogens with one attached hydrogen (secondary N) is 1. The lowest BCUT2D eigenvalue weighted by Gasteiger charge is -2.26. The number of benzene rings is 1. The predicted molar refractivity (Wildman–Crippen MR) is 74.0 cm³/mol. The van der Waals surface area contributed by atoms with Crippen molar-refractivity contribution in [3.05, 3.63) is 28.8 Å². The van der Waals surface area contributed by atoms with Gasteiger partial charge in [0.1, 0.15) is 5.60 Å². The van der Waals surface area contributed by atoms with Crippen LogP contribution in [0.25, 0.3) is 0 Å². The van der Waals surface area contributed by atoms with E-state index < -0.39 is 23.9 Å². The molecular weight excluding hydrogens is 309 g/mol. The summed E-state index contributed by atoms with van der Waals surface area (Å²) < 4.78 is 44.2. The molecule has 0 aliphatic heterocycles. The molecule has 8 heteroatoms. The highest BCUT2D eigenvalue weighted by Gasteiger charge is 2.43. The molecule has 21 heavy (non-hydrogen) atoms. The van der Waals surface area contributed by atoms with E-state index in [9.17, 15) is 18.0 Å². The average Bonchev–Trinajstić information content (AvgIpc) is 2.22. The molecule has 0 spiro atoms. The van der Waals surface area contributed by atoms with E-state index >= 15 is 0 Å². The number of hydrogen-bond donors (Lipinski definition) is 2. The van der Waals surface area contributed by atoms with Gasteiger partial charge in [-0.15, -0.1) is 0 Å². The highest BCUT2D eigenvalue weighted by atomic mass is 35.5. The van der Waals surface area contributed by atoms with Crippen LogP contribution in [0, 0.1) is 0 Å². The molecule has 0 bridgehead atoms. The molecule has 0 saturated heterocycles. The minimum absolute atomic E-state index is 0.187. The summed E-state index contributed by atoms with van der Waals surface area (Å²) in [4.78, 5) is 11.6. The van der Waals surface area contributed by atoms with E-state index in [1.165, 1.54) is 12.1 Å². The van der Waals surface area contributed by atoms with Crippen LogP contribution in [0.15, 0.2) is 18.2 Å². The van der Waals surface area contributed by atoms with Gasteiger partial charge in [0.15, 0.2) is 6.04 Å². The van der Waals surface area contributed by atoms with Gasteiger partial charge in [-0.3, -0.25) is 0 Å². The summed E-state index contributed by atoms with van der Waals surface area (Å²) >= 11 is 5.77. The van der Waals surface area contributed by atoms with Crippen LogP contribution in [0.3, 0.4) is 0 Å². The monoisotopic (exact) mass is 324 g/mol. The number of anilines is 1. The molecule has 1 aromatic carbocycles. The molecule has 0 aliphatic rings. The number of amides is 1. The average molecular weight is 325 g/mol. The van der Waals surface area contributed by atoms with Crippen LogP contribution in [0.5, 0.6) is 0 Å². The fourth-order valence-corrected chi connectivity index (χ4v) is 1.84. The van der Waals surface area contributed by atoms with Crippen LogP contribution >= 0.6 is 11.6 Å². The Morgan fingerprint density at radius 3 is 2.33 bits per heavy atom. The summed E-state index contributed by atoms with van der Waals surface area (Å²) in [6.45, 7) is 4.64. The van der Waals surface area contributed by atoms with Crippen LogP contribution < -0.4 is 11.1 Å². The third-order valence-corrected chi connectivity index (χ3v) is 2.65. The Hall–Kier alpha value is -1.63. The van der Waals surface area contributed by atoms with Crippen molar-refractivity contribution in [2.45, 2.75) is 38.6 Å². The number of nitrogens with two attached hydrogens (primary N) is 1. The maximum absolute atomic E-state index is 13.1. The van der Waals surface area contributed by atoms with Crippen LogP contribution in [0.1, 0.15) is 32.4 Å². The van der Waals surface area contributed by atoms with Crippen molar-refractivity contribution < 1.29 is 22.7 Å². The van der Waals surface area contributed by atoms with Crippen LogP contribution in [-0.4, -0.2) is 17.9 Å². The summed E-state index contributed by atoms with van der Waals surface area (Å²) in [7, 11) is 0. The topological polar surface area (TPSA) is 64.3 Å². The molecule has 0 saturated carbocycles. The number of nitrogen functional groups attached to an aromatic ring is 1. The predicted octanol–water partition coefficient (Wildman–Crippen LogP) is 4.05. The van der Waals surface area contributed by atoms with Gasteiger partial charge in [0.25, 0.3) is 0 Å². The number of carbonyl (C=O) groups excluding carboxylic acids is 1. The van der Waals surface area contributed by atoms with Crippen molar-refractivity contribution in [2.24, 2.45) is 0 Å². The second-order valence-corrected chi connectivity index (χ2v) is 5.81. The van der Waals surface area contributed by atoms with Gasteiger partial charge in [0.05, 0.1) is 0 Å². The molecule has 0 heterocycles. The standard InChI is InChI=1S/C13H16ClF3N2O2/c1-12(2,3)21-11(20)19-10(13(15,16)17)8-5-4-7(18)6-9(8)14/h4-6,10H,18H2,1-3H3,(H,19,20). The molecule has 1 unspecified atom stereocenters.